The van der Waals surface area contributed by atoms with Crippen LogP contribution in [0.5, 0.6) is 0 Å². The molecule has 2 aliphatic rings. The number of nitrogens with zero attached hydrogens (tertiary/aromatic N) is 1. The Bertz CT molecular complexity index is 390. The lowest BCUT2D eigenvalue weighted by atomic mass is 9.86. The van der Waals surface area contributed by atoms with Crippen molar-refractivity contribution in [3.8, 4) is 0 Å². The van der Waals surface area contributed by atoms with Crippen LogP contribution in [0.1, 0.15) is 30.4 Å². The minimum atomic E-state index is -0.0964. The highest BCUT2D eigenvalue weighted by atomic mass is 16.3. The molecule has 1 aliphatic carbocycles. The van der Waals surface area contributed by atoms with E-state index in [2.05, 4.69) is 29.2 Å². The maximum absolute atomic E-state index is 9.76. The zero-order valence-electron chi connectivity index (χ0n) is 10.3. The average molecular weight is 231 g/mol. The lowest BCUT2D eigenvalue weighted by Crippen LogP contribution is -2.46. The third-order valence-electron chi connectivity index (χ3n) is 4.27. The van der Waals surface area contributed by atoms with Crippen molar-refractivity contribution in [3.63, 3.8) is 0 Å². The molecule has 2 heteroatoms. The molecule has 17 heavy (non-hydrogen) atoms. The topological polar surface area (TPSA) is 23.5 Å². The summed E-state index contributed by atoms with van der Waals surface area (Å²) in [5.41, 5.74) is 3.05. The van der Waals surface area contributed by atoms with E-state index in [0.717, 1.165) is 19.4 Å². The molecule has 1 aromatic carbocycles. The number of likely N-dealkylation sites (tertiary alicyclic amines) is 1. The van der Waals surface area contributed by atoms with E-state index in [1.165, 1.54) is 36.9 Å². The molecular weight excluding hydrogens is 210 g/mol. The number of rotatable bonds is 1. The van der Waals surface area contributed by atoms with Gasteiger partial charge >= 0.3 is 0 Å². The van der Waals surface area contributed by atoms with Gasteiger partial charge in [0.25, 0.3) is 0 Å². The molecule has 2 nitrogen and oxygen atoms in total. The minimum absolute atomic E-state index is 0.0964. The van der Waals surface area contributed by atoms with Crippen molar-refractivity contribution in [1.29, 1.82) is 0 Å². The second-order valence-corrected chi connectivity index (χ2v) is 5.46. The number of fused-ring (bicyclic) bond motifs is 1. The molecule has 92 valence electrons. The largest absolute Gasteiger partial charge is 0.392 e. The van der Waals surface area contributed by atoms with Crippen LogP contribution in [0.3, 0.4) is 0 Å². The predicted octanol–water partition coefficient (Wildman–Crippen LogP) is 2.00. The molecule has 0 spiro atoms. The van der Waals surface area contributed by atoms with E-state index in [-0.39, 0.29) is 6.10 Å². The summed E-state index contributed by atoms with van der Waals surface area (Å²) in [6, 6.07) is 9.47. The Morgan fingerprint density at radius 2 is 1.94 bits per heavy atom. The first-order valence-electron chi connectivity index (χ1n) is 6.82. The zero-order valence-corrected chi connectivity index (χ0v) is 10.3. The molecule has 2 atom stereocenters. The van der Waals surface area contributed by atoms with Crippen LogP contribution in [0.4, 0.5) is 0 Å². The van der Waals surface area contributed by atoms with Crippen LogP contribution in [0.15, 0.2) is 24.3 Å². The van der Waals surface area contributed by atoms with Crippen molar-refractivity contribution in [2.24, 2.45) is 0 Å². The Hall–Kier alpha value is -0.860. The maximum Gasteiger partial charge on any atom is 0.0667 e. The summed E-state index contributed by atoms with van der Waals surface area (Å²) in [6.07, 6.45) is 5.67. The first-order chi connectivity index (χ1) is 8.33. The van der Waals surface area contributed by atoms with E-state index in [1.807, 2.05) is 0 Å². The predicted molar refractivity (Wildman–Crippen MR) is 69.1 cm³/mol. The van der Waals surface area contributed by atoms with Gasteiger partial charge in [0.05, 0.1) is 6.10 Å². The quantitative estimate of drug-likeness (QED) is 0.799. The molecule has 1 aromatic rings. The number of β-amino-alcohol motifs (C(OH)–C–C–N with tert-alkyl or cyclic N) is 1. The van der Waals surface area contributed by atoms with Gasteiger partial charge in [0.1, 0.15) is 0 Å². The van der Waals surface area contributed by atoms with Crippen LogP contribution in [0.25, 0.3) is 0 Å². The first kappa shape index (κ1) is 11.2. The lowest BCUT2D eigenvalue weighted by Gasteiger charge is -2.39. The fraction of sp³-hybridized carbons (Fsp3) is 0.600. The Balaban J connectivity index is 1.71. The monoisotopic (exact) mass is 231 g/mol. The second-order valence-electron chi connectivity index (χ2n) is 5.46. The SMILES string of the molecule is O[C@@H]1CCCN([C@@H]2CCc3ccccc3C2)C1. The summed E-state index contributed by atoms with van der Waals surface area (Å²) in [4.78, 5) is 2.50. The van der Waals surface area contributed by atoms with E-state index in [9.17, 15) is 5.11 Å². The lowest BCUT2D eigenvalue weighted by molar-refractivity contribution is 0.0426. The smallest absolute Gasteiger partial charge is 0.0667 e. The number of piperidine rings is 1. The first-order valence-corrected chi connectivity index (χ1v) is 6.82. The normalized spacial score (nSPS) is 29.9. The molecule has 1 N–H and O–H groups in total. The molecule has 1 aliphatic heterocycles. The Kier molecular flexibility index (Phi) is 3.17. The maximum atomic E-state index is 9.76. The van der Waals surface area contributed by atoms with Gasteiger partial charge in [0.2, 0.25) is 0 Å². The highest BCUT2D eigenvalue weighted by molar-refractivity contribution is 5.30. The number of aliphatic hydroxyl groups is 1. The van der Waals surface area contributed by atoms with Crippen LogP contribution in [-0.2, 0) is 12.8 Å². The molecule has 1 heterocycles. The number of aryl methyl sites for hydroxylation is 1. The molecule has 1 fully saturated rings. The van der Waals surface area contributed by atoms with Gasteiger partial charge in [0, 0.05) is 12.6 Å². The summed E-state index contributed by atoms with van der Waals surface area (Å²) in [6.45, 7) is 2.05. The Labute approximate surface area is 103 Å². The standard InChI is InChI=1S/C15H21NO/c17-15-6-3-9-16(11-15)14-8-7-12-4-1-2-5-13(12)10-14/h1-2,4-5,14-15,17H,3,6-11H2/t14-,15-/m1/s1. The third kappa shape index (κ3) is 2.38. The molecule has 0 bridgehead atoms. The van der Waals surface area contributed by atoms with Gasteiger partial charge in [-0.05, 0) is 49.8 Å². The van der Waals surface area contributed by atoms with E-state index in [4.69, 9.17) is 0 Å². The van der Waals surface area contributed by atoms with Crippen molar-refractivity contribution < 1.29 is 5.11 Å². The molecule has 0 unspecified atom stereocenters. The van der Waals surface area contributed by atoms with Crippen molar-refractivity contribution in [2.75, 3.05) is 13.1 Å². The van der Waals surface area contributed by atoms with Gasteiger partial charge in [-0.15, -0.1) is 0 Å². The summed E-state index contributed by atoms with van der Waals surface area (Å²) in [5.74, 6) is 0. The van der Waals surface area contributed by atoms with E-state index >= 15 is 0 Å². The highest BCUT2D eigenvalue weighted by Crippen LogP contribution is 2.26. The van der Waals surface area contributed by atoms with Crippen molar-refractivity contribution in [2.45, 2.75) is 44.2 Å². The summed E-state index contributed by atoms with van der Waals surface area (Å²) in [5, 5.41) is 9.76. The van der Waals surface area contributed by atoms with Gasteiger partial charge in [-0.25, -0.2) is 0 Å². The Morgan fingerprint density at radius 1 is 1.12 bits per heavy atom. The third-order valence-corrected chi connectivity index (χ3v) is 4.27. The molecular formula is C15H21NO. The van der Waals surface area contributed by atoms with Gasteiger partial charge in [0.15, 0.2) is 0 Å². The molecule has 3 rings (SSSR count). The van der Waals surface area contributed by atoms with Gasteiger partial charge in [-0.2, -0.15) is 0 Å². The van der Waals surface area contributed by atoms with E-state index < -0.39 is 0 Å². The summed E-state index contributed by atoms with van der Waals surface area (Å²) in [7, 11) is 0. The molecule has 0 amide bonds. The molecule has 1 saturated heterocycles. The second kappa shape index (κ2) is 4.79. The fourth-order valence-electron chi connectivity index (χ4n) is 3.31. The van der Waals surface area contributed by atoms with Crippen LogP contribution in [0.2, 0.25) is 0 Å². The van der Waals surface area contributed by atoms with E-state index in [0.29, 0.717) is 6.04 Å². The van der Waals surface area contributed by atoms with Gasteiger partial charge < -0.3 is 5.11 Å². The number of aliphatic hydroxyl groups excluding tert-OH is 1. The molecule has 0 saturated carbocycles. The van der Waals surface area contributed by atoms with E-state index in [1.54, 1.807) is 0 Å². The summed E-state index contributed by atoms with van der Waals surface area (Å²) >= 11 is 0. The zero-order chi connectivity index (χ0) is 11.7. The molecule has 0 aromatic heterocycles. The summed E-state index contributed by atoms with van der Waals surface area (Å²) < 4.78 is 0. The van der Waals surface area contributed by atoms with Crippen molar-refractivity contribution in [3.05, 3.63) is 35.4 Å². The van der Waals surface area contributed by atoms with Crippen molar-refractivity contribution in [1.82, 2.24) is 4.90 Å². The number of benzene rings is 1. The Morgan fingerprint density at radius 3 is 2.76 bits per heavy atom. The van der Waals surface area contributed by atoms with Crippen LogP contribution < -0.4 is 0 Å². The average Bonchev–Trinajstić information content (AvgIpc) is 2.38. The van der Waals surface area contributed by atoms with Crippen LogP contribution in [0, 0.1) is 0 Å². The van der Waals surface area contributed by atoms with Crippen LogP contribution >= 0.6 is 0 Å². The van der Waals surface area contributed by atoms with Gasteiger partial charge in [-0.3, -0.25) is 4.90 Å². The van der Waals surface area contributed by atoms with Crippen LogP contribution in [-0.4, -0.2) is 35.2 Å². The van der Waals surface area contributed by atoms with Gasteiger partial charge in [-0.1, -0.05) is 24.3 Å². The number of hydrogen-bond donors (Lipinski definition) is 1. The molecule has 0 radical (unpaired) electrons. The fourth-order valence-corrected chi connectivity index (χ4v) is 3.31. The highest BCUT2D eigenvalue weighted by Gasteiger charge is 2.27. The van der Waals surface area contributed by atoms with Crippen molar-refractivity contribution >= 4 is 0 Å². The number of hydrogen-bond acceptors (Lipinski definition) is 2. The minimum Gasteiger partial charge on any atom is -0.392 e.